The molecule has 28 heavy (non-hydrogen) atoms. The SMILES string of the molecule is CCOC(=O)C1(Cc2ccccc2F)CCCN(C(=O)CN2CCCC2=O)C1. The van der Waals surface area contributed by atoms with Gasteiger partial charge in [-0.3, -0.25) is 14.4 Å². The van der Waals surface area contributed by atoms with Crippen LogP contribution < -0.4 is 0 Å². The van der Waals surface area contributed by atoms with E-state index in [0.29, 0.717) is 37.9 Å². The summed E-state index contributed by atoms with van der Waals surface area (Å²) in [5.74, 6) is -0.934. The number of halogens is 1. The minimum Gasteiger partial charge on any atom is -0.466 e. The number of carbonyl (C=O) groups excluding carboxylic acids is 3. The maximum Gasteiger partial charge on any atom is 0.314 e. The van der Waals surface area contributed by atoms with Crippen LogP contribution >= 0.6 is 0 Å². The van der Waals surface area contributed by atoms with Crippen molar-refractivity contribution < 1.29 is 23.5 Å². The lowest BCUT2D eigenvalue weighted by molar-refractivity contribution is -0.161. The Labute approximate surface area is 164 Å². The zero-order valence-corrected chi connectivity index (χ0v) is 16.3. The van der Waals surface area contributed by atoms with Crippen LogP contribution in [0.25, 0.3) is 0 Å². The lowest BCUT2D eigenvalue weighted by Crippen LogP contribution is -2.53. The molecule has 3 rings (SSSR count). The average molecular weight is 390 g/mol. The first-order valence-corrected chi connectivity index (χ1v) is 9.91. The van der Waals surface area contributed by atoms with Gasteiger partial charge in [0.25, 0.3) is 0 Å². The number of likely N-dealkylation sites (tertiary alicyclic amines) is 2. The molecule has 1 aromatic rings. The van der Waals surface area contributed by atoms with E-state index >= 15 is 0 Å². The van der Waals surface area contributed by atoms with Crippen LogP contribution in [0.5, 0.6) is 0 Å². The molecule has 0 radical (unpaired) electrons. The van der Waals surface area contributed by atoms with Gasteiger partial charge in [0.15, 0.2) is 0 Å². The largest absolute Gasteiger partial charge is 0.466 e. The Kier molecular flexibility index (Phi) is 6.31. The minimum absolute atomic E-state index is 0.00614. The highest BCUT2D eigenvalue weighted by Crippen LogP contribution is 2.36. The number of rotatable bonds is 6. The van der Waals surface area contributed by atoms with E-state index in [9.17, 15) is 18.8 Å². The maximum absolute atomic E-state index is 14.3. The Morgan fingerprint density at radius 2 is 2.00 bits per heavy atom. The Balaban J connectivity index is 1.79. The fourth-order valence-electron chi connectivity index (χ4n) is 4.15. The van der Waals surface area contributed by atoms with Gasteiger partial charge in [0, 0.05) is 26.1 Å². The van der Waals surface area contributed by atoms with Crippen LogP contribution in [0.3, 0.4) is 0 Å². The molecule has 2 saturated heterocycles. The number of esters is 1. The van der Waals surface area contributed by atoms with Crippen molar-refractivity contribution in [3.63, 3.8) is 0 Å². The van der Waals surface area contributed by atoms with Crippen LogP contribution in [-0.4, -0.2) is 60.4 Å². The lowest BCUT2D eigenvalue weighted by atomic mass is 9.75. The molecule has 0 aliphatic carbocycles. The molecule has 2 fully saturated rings. The summed E-state index contributed by atoms with van der Waals surface area (Å²) in [4.78, 5) is 40.7. The molecule has 6 nitrogen and oxygen atoms in total. The fourth-order valence-corrected chi connectivity index (χ4v) is 4.15. The summed E-state index contributed by atoms with van der Waals surface area (Å²) in [5, 5.41) is 0. The van der Waals surface area contributed by atoms with E-state index in [2.05, 4.69) is 0 Å². The second kappa shape index (κ2) is 8.71. The second-order valence-electron chi connectivity index (χ2n) is 7.61. The third kappa shape index (κ3) is 4.34. The van der Waals surface area contributed by atoms with Crippen molar-refractivity contribution >= 4 is 17.8 Å². The third-order valence-electron chi connectivity index (χ3n) is 5.62. The zero-order valence-electron chi connectivity index (χ0n) is 16.3. The predicted molar refractivity (Wildman–Crippen MR) is 101 cm³/mol. The first kappa shape index (κ1) is 20.3. The summed E-state index contributed by atoms with van der Waals surface area (Å²) in [5.41, 5.74) is -0.527. The van der Waals surface area contributed by atoms with Crippen molar-refractivity contribution in [2.24, 2.45) is 5.41 Å². The van der Waals surface area contributed by atoms with Crippen molar-refractivity contribution in [2.75, 3.05) is 32.8 Å². The molecule has 0 bridgehead atoms. The highest BCUT2D eigenvalue weighted by molar-refractivity contribution is 5.86. The number of hydrogen-bond acceptors (Lipinski definition) is 4. The molecule has 7 heteroatoms. The first-order valence-electron chi connectivity index (χ1n) is 9.91. The van der Waals surface area contributed by atoms with E-state index < -0.39 is 11.4 Å². The van der Waals surface area contributed by atoms with E-state index in [4.69, 9.17) is 4.74 Å². The maximum atomic E-state index is 14.3. The summed E-state index contributed by atoms with van der Waals surface area (Å²) in [6.45, 7) is 3.31. The molecular formula is C21H27FN2O4. The summed E-state index contributed by atoms with van der Waals surface area (Å²) in [6.07, 6.45) is 2.60. The monoisotopic (exact) mass is 390 g/mol. The molecular weight excluding hydrogens is 363 g/mol. The molecule has 1 atom stereocenters. The van der Waals surface area contributed by atoms with Crippen LogP contribution in [0, 0.1) is 11.2 Å². The van der Waals surface area contributed by atoms with Crippen molar-refractivity contribution in [3.8, 4) is 0 Å². The Morgan fingerprint density at radius 3 is 2.68 bits per heavy atom. The van der Waals surface area contributed by atoms with E-state index in [1.807, 2.05) is 0 Å². The van der Waals surface area contributed by atoms with Gasteiger partial charge in [-0.25, -0.2) is 4.39 Å². The molecule has 0 spiro atoms. The molecule has 2 heterocycles. The molecule has 1 aromatic carbocycles. The van der Waals surface area contributed by atoms with Gasteiger partial charge < -0.3 is 14.5 Å². The molecule has 1 unspecified atom stereocenters. The summed E-state index contributed by atoms with van der Waals surface area (Å²) in [6, 6.07) is 6.39. The number of carbonyl (C=O) groups is 3. The quantitative estimate of drug-likeness (QED) is 0.698. The standard InChI is InChI=1S/C21H27FN2O4/c1-2-28-20(27)21(13-16-7-3-4-8-17(16)22)10-6-12-24(15-21)19(26)14-23-11-5-9-18(23)25/h3-4,7-8H,2,5-6,9-15H2,1H3. The van der Waals surface area contributed by atoms with Crippen molar-refractivity contribution in [1.82, 2.24) is 9.80 Å². The highest BCUT2D eigenvalue weighted by Gasteiger charge is 2.45. The fraction of sp³-hybridized carbons (Fsp3) is 0.571. The number of ether oxygens (including phenoxy) is 1. The minimum atomic E-state index is -0.971. The van der Waals surface area contributed by atoms with Crippen molar-refractivity contribution in [1.29, 1.82) is 0 Å². The summed E-state index contributed by atoms with van der Waals surface area (Å²) in [7, 11) is 0. The van der Waals surface area contributed by atoms with Gasteiger partial charge in [-0.05, 0) is 44.2 Å². The van der Waals surface area contributed by atoms with Crippen LogP contribution in [0.1, 0.15) is 38.2 Å². The van der Waals surface area contributed by atoms with Gasteiger partial charge >= 0.3 is 5.97 Å². The smallest absolute Gasteiger partial charge is 0.314 e. The topological polar surface area (TPSA) is 66.9 Å². The van der Waals surface area contributed by atoms with E-state index in [0.717, 1.165) is 6.42 Å². The average Bonchev–Trinajstić information content (AvgIpc) is 3.08. The normalized spacial score (nSPS) is 22.4. The van der Waals surface area contributed by atoms with Crippen molar-refractivity contribution in [2.45, 2.75) is 39.0 Å². The van der Waals surface area contributed by atoms with Gasteiger partial charge in [0.2, 0.25) is 11.8 Å². The molecule has 2 aliphatic rings. The van der Waals surface area contributed by atoms with Crippen LogP contribution in [0.2, 0.25) is 0 Å². The van der Waals surface area contributed by atoms with Crippen LogP contribution in [0.15, 0.2) is 24.3 Å². The van der Waals surface area contributed by atoms with Gasteiger partial charge in [-0.2, -0.15) is 0 Å². The van der Waals surface area contributed by atoms with Crippen molar-refractivity contribution in [3.05, 3.63) is 35.6 Å². The molecule has 0 aromatic heterocycles. The first-order chi connectivity index (χ1) is 13.4. The number of piperidine rings is 1. The highest BCUT2D eigenvalue weighted by atomic mass is 19.1. The molecule has 0 saturated carbocycles. The molecule has 2 amide bonds. The number of nitrogens with zero attached hydrogens (tertiary/aromatic N) is 2. The second-order valence-corrected chi connectivity index (χ2v) is 7.61. The van der Waals surface area contributed by atoms with Gasteiger partial charge in [-0.15, -0.1) is 0 Å². The number of amides is 2. The third-order valence-corrected chi connectivity index (χ3v) is 5.62. The van der Waals surface area contributed by atoms with Crippen LogP contribution in [0.4, 0.5) is 4.39 Å². The Bertz CT molecular complexity index is 754. The van der Waals surface area contributed by atoms with E-state index in [1.54, 1.807) is 34.9 Å². The Morgan fingerprint density at radius 1 is 1.21 bits per heavy atom. The van der Waals surface area contributed by atoms with Gasteiger partial charge in [-0.1, -0.05) is 18.2 Å². The number of benzene rings is 1. The lowest BCUT2D eigenvalue weighted by Gasteiger charge is -2.41. The van der Waals surface area contributed by atoms with Gasteiger partial charge in [0.05, 0.1) is 18.6 Å². The van der Waals surface area contributed by atoms with Gasteiger partial charge in [0.1, 0.15) is 5.82 Å². The zero-order chi connectivity index (χ0) is 20.1. The molecule has 0 N–H and O–H groups in total. The molecule has 2 aliphatic heterocycles. The predicted octanol–water partition coefficient (Wildman–Crippen LogP) is 2.16. The number of hydrogen-bond donors (Lipinski definition) is 0. The van der Waals surface area contributed by atoms with E-state index in [-0.39, 0.29) is 43.7 Å². The molecule has 152 valence electrons. The van der Waals surface area contributed by atoms with Crippen LogP contribution in [-0.2, 0) is 25.5 Å². The summed E-state index contributed by atoms with van der Waals surface area (Å²) < 4.78 is 19.6. The Hall–Kier alpha value is -2.44. The summed E-state index contributed by atoms with van der Waals surface area (Å²) >= 11 is 0. The van der Waals surface area contributed by atoms with E-state index in [1.165, 1.54) is 6.07 Å².